The van der Waals surface area contributed by atoms with Crippen LogP contribution < -0.4 is 16.2 Å². The van der Waals surface area contributed by atoms with Gasteiger partial charge in [-0.2, -0.15) is 4.98 Å². The molecule has 0 saturated carbocycles. The van der Waals surface area contributed by atoms with E-state index in [1.807, 2.05) is 0 Å². The topological polar surface area (TPSA) is 150 Å². The Kier molecular flexibility index (Phi) is 3.12. The molecule has 11 heteroatoms. The molecule has 0 aromatic carbocycles. The maximum absolute atomic E-state index is 11.8. The fraction of sp³-hybridized carbons (Fsp3) is 0.400. The van der Waals surface area contributed by atoms with Crippen molar-refractivity contribution in [2.45, 2.75) is 12.5 Å². The van der Waals surface area contributed by atoms with Crippen LogP contribution in [0.5, 0.6) is 0 Å². The smallest absolute Gasteiger partial charge is 0.321 e. The Bertz CT molecular complexity index is 854. The van der Waals surface area contributed by atoms with Gasteiger partial charge in [0.2, 0.25) is 5.95 Å². The lowest BCUT2D eigenvalue weighted by atomic mass is 10.3. The number of H-pyrrole nitrogens is 2. The Balaban J connectivity index is 1.70. The highest BCUT2D eigenvalue weighted by atomic mass is 32.2. The number of fused-ring (bicyclic) bond motifs is 1. The quantitative estimate of drug-likeness (QED) is 0.556. The van der Waals surface area contributed by atoms with Crippen LogP contribution in [0.2, 0.25) is 0 Å². The number of carbonyl (C=O) groups is 1. The number of aromatic nitrogens is 4. The summed E-state index contributed by atoms with van der Waals surface area (Å²) >= 11 is 0. The Morgan fingerprint density at radius 2 is 2.24 bits per heavy atom. The van der Waals surface area contributed by atoms with Crippen molar-refractivity contribution in [3.05, 3.63) is 16.7 Å². The van der Waals surface area contributed by atoms with Crippen LogP contribution in [0.15, 0.2) is 11.1 Å². The molecule has 1 aliphatic heterocycles. The molecule has 2 amide bonds. The van der Waals surface area contributed by atoms with E-state index in [4.69, 9.17) is 0 Å². The second-order valence-electron chi connectivity index (χ2n) is 4.71. The van der Waals surface area contributed by atoms with Crippen molar-refractivity contribution >= 4 is 33.0 Å². The van der Waals surface area contributed by atoms with Gasteiger partial charge in [0.1, 0.15) is 0 Å². The molecular weight excluding hydrogens is 300 g/mol. The second-order valence-corrected chi connectivity index (χ2v) is 6.94. The summed E-state index contributed by atoms with van der Waals surface area (Å²) in [6, 6.07) is -1.06. The fourth-order valence-electron chi connectivity index (χ4n) is 2.14. The van der Waals surface area contributed by atoms with Crippen LogP contribution in [-0.2, 0) is 9.84 Å². The van der Waals surface area contributed by atoms with E-state index in [0.717, 1.165) is 0 Å². The molecule has 0 spiro atoms. The first-order valence-corrected chi connectivity index (χ1v) is 7.96. The number of nitrogens with one attached hydrogen (secondary N) is 4. The van der Waals surface area contributed by atoms with Crippen molar-refractivity contribution in [1.82, 2.24) is 25.3 Å². The number of sulfone groups is 1. The second kappa shape index (κ2) is 4.84. The predicted molar refractivity (Wildman–Crippen MR) is 73.7 cm³/mol. The van der Waals surface area contributed by atoms with Crippen LogP contribution in [0.3, 0.4) is 0 Å². The molecule has 0 radical (unpaired) electrons. The molecule has 0 aliphatic carbocycles. The lowest BCUT2D eigenvalue weighted by Gasteiger charge is -2.11. The van der Waals surface area contributed by atoms with Gasteiger partial charge in [-0.1, -0.05) is 0 Å². The first-order valence-electron chi connectivity index (χ1n) is 6.14. The van der Waals surface area contributed by atoms with E-state index in [2.05, 4.69) is 30.6 Å². The average Bonchev–Trinajstić information content (AvgIpc) is 2.96. The minimum atomic E-state index is -3.07. The summed E-state index contributed by atoms with van der Waals surface area (Å²) < 4.78 is 22.6. The third-order valence-electron chi connectivity index (χ3n) is 3.10. The number of anilines is 1. The third kappa shape index (κ3) is 2.86. The number of hydrogen-bond acceptors (Lipinski definition) is 6. The molecule has 2 aromatic heterocycles. The molecule has 4 N–H and O–H groups in total. The zero-order valence-electron chi connectivity index (χ0n) is 10.7. The van der Waals surface area contributed by atoms with E-state index in [9.17, 15) is 18.0 Å². The van der Waals surface area contributed by atoms with E-state index in [-0.39, 0.29) is 28.6 Å². The summed E-state index contributed by atoms with van der Waals surface area (Å²) in [6.07, 6.45) is 1.69. The van der Waals surface area contributed by atoms with Gasteiger partial charge in [-0.15, -0.1) is 0 Å². The highest BCUT2D eigenvalue weighted by Gasteiger charge is 2.29. The van der Waals surface area contributed by atoms with Crippen molar-refractivity contribution in [1.29, 1.82) is 0 Å². The van der Waals surface area contributed by atoms with Gasteiger partial charge < -0.3 is 10.3 Å². The summed E-state index contributed by atoms with van der Waals surface area (Å²) in [5.74, 6) is -0.0763. The minimum absolute atomic E-state index is 0.0574. The van der Waals surface area contributed by atoms with Gasteiger partial charge in [-0.3, -0.25) is 15.1 Å². The van der Waals surface area contributed by atoms with Gasteiger partial charge in [-0.05, 0) is 6.42 Å². The Morgan fingerprint density at radius 1 is 1.43 bits per heavy atom. The van der Waals surface area contributed by atoms with E-state index < -0.39 is 27.5 Å². The van der Waals surface area contributed by atoms with Crippen molar-refractivity contribution in [2.75, 3.05) is 16.8 Å². The summed E-state index contributed by atoms with van der Waals surface area (Å²) in [5.41, 5.74) is -0.0726. The molecule has 0 unspecified atom stereocenters. The highest BCUT2D eigenvalue weighted by Crippen LogP contribution is 2.11. The molecule has 3 heterocycles. The number of urea groups is 1. The normalized spacial score (nSPS) is 20.5. The molecule has 21 heavy (non-hydrogen) atoms. The Hall–Kier alpha value is -2.43. The van der Waals surface area contributed by atoms with Crippen LogP contribution >= 0.6 is 0 Å². The molecule has 10 nitrogen and oxygen atoms in total. The predicted octanol–water partition coefficient (Wildman–Crippen LogP) is -1.05. The molecule has 1 aliphatic rings. The maximum atomic E-state index is 11.8. The number of aromatic amines is 2. The number of amides is 2. The monoisotopic (exact) mass is 312 g/mol. The summed E-state index contributed by atoms with van der Waals surface area (Å²) in [7, 11) is -3.07. The molecule has 1 fully saturated rings. The van der Waals surface area contributed by atoms with Crippen molar-refractivity contribution in [2.24, 2.45) is 0 Å². The summed E-state index contributed by atoms with van der Waals surface area (Å²) in [6.45, 7) is 0. The minimum Gasteiger partial charge on any atom is -0.339 e. The SMILES string of the molecule is O=C(Nc1nc2nc[nH]c2c(=O)[nH]1)N[C@H]1CCS(=O)(=O)C1. The number of hydrogen-bond donors (Lipinski definition) is 4. The van der Waals surface area contributed by atoms with Crippen LogP contribution in [0.1, 0.15) is 6.42 Å². The molecule has 112 valence electrons. The number of rotatable bonds is 2. The Labute approximate surface area is 118 Å². The highest BCUT2D eigenvalue weighted by molar-refractivity contribution is 7.91. The number of carbonyl (C=O) groups excluding carboxylic acids is 1. The van der Waals surface area contributed by atoms with Gasteiger partial charge in [0.15, 0.2) is 21.0 Å². The van der Waals surface area contributed by atoms with Gasteiger partial charge in [-0.25, -0.2) is 18.2 Å². The maximum Gasteiger partial charge on any atom is 0.321 e. The average molecular weight is 312 g/mol. The molecule has 2 aromatic rings. The van der Waals surface area contributed by atoms with E-state index in [1.54, 1.807) is 0 Å². The summed E-state index contributed by atoms with van der Waals surface area (Å²) in [5, 5.41) is 4.88. The fourth-order valence-corrected chi connectivity index (χ4v) is 3.81. The number of nitrogens with zero attached hydrogens (tertiary/aromatic N) is 2. The van der Waals surface area contributed by atoms with E-state index >= 15 is 0 Å². The Morgan fingerprint density at radius 3 is 2.95 bits per heavy atom. The van der Waals surface area contributed by atoms with E-state index in [0.29, 0.717) is 6.42 Å². The van der Waals surface area contributed by atoms with E-state index in [1.165, 1.54) is 6.33 Å². The van der Waals surface area contributed by atoms with Gasteiger partial charge >= 0.3 is 6.03 Å². The van der Waals surface area contributed by atoms with Crippen molar-refractivity contribution in [3.8, 4) is 0 Å². The third-order valence-corrected chi connectivity index (χ3v) is 4.86. The van der Waals surface area contributed by atoms with Crippen molar-refractivity contribution in [3.63, 3.8) is 0 Å². The van der Waals surface area contributed by atoms with Crippen molar-refractivity contribution < 1.29 is 13.2 Å². The van der Waals surface area contributed by atoms with Crippen LogP contribution in [0.4, 0.5) is 10.7 Å². The molecule has 1 saturated heterocycles. The molecule has 0 bridgehead atoms. The molecule has 1 atom stereocenters. The first-order chi connectivity index (χ1) is 9.93. The van der Waals surface area contributed by atoms with Crippen LogP contribution in [0.25, 0.3) is 11.2 Å². The standard InChI is InChI=1S/C10H12N6O4S/c17-8-6-7(12-4-11-6)14-9(15-8)16-10(18)13-5-1-2-21(19,20)3-5/h4-5H,1-3H2,(H4,11,12,13,14,15,16,17,18)/t5-/m0/s1. The molecular formula is C10H12N6O4S. The zero-order chi connectivity index (χ0) is 15.0. The first kappa shape index (κ1) is 13.5. The lowest BCUT2D eigenvalue weighted by molar-refractivity contribution is 0.249. The number of imidazole rings is 1. The van der Waals surface area contributed by atoms with Gasteiger partial charge in [0, 0.05) is 6.04 Å². The van der Waals surface area contributed by atoms with Crippen LogP contribution in [0, 0.1) is 0 Å². The van der Waals surface area contributed by atoms with Gasteiger partial charge in [0.05, 0.1) is 17.8 Å². The van der Waals surface area contributed by atoms with Gasteiger partial charge in [0.25, 0.3) is 5.56 Å². The molecule has 3 rings (SSSR count). The zero-order valence-corrected chi connectivity index (χ0v) is 11.5. The van der Waals surface area contributed by atoms with Crippen LogP contribution in [-0.4, -0.2) is 51.9 Å². The largest absolute Gasteiger partial charge is 0.339 e. The summed E-state index contributed by atoms with van der Waals surface area (Å²) in [4.78, 5) is 36.2. The lowest BCUT2D eigenvalue weighted by Crippen LogP contribution is -2.39.